The van der Waals surface area contributed by atoms with Crippen LogP contribution in [0.2, 0.25) is 0 Å². The molecule has 0 saturated carbocycles. The Hall–Kier alpha value is -2.93. The van der Waals surface area contributed by atoms with Gasteiger partial charge in [0.25, 0.3) is 0 Å². The summed E-state index contributed by atoms with van der Waals surface area (Å²) in [4.78, 5) is 26.9. The second-order valence-corrected chi connectivity index (χ2v) is 9.98. The molecule has 7 heteroatoms. The Bertz CT molecular complexity index is 1130. The molecule has 160 valence electrons. The zero-order chi connectivity index (χ0) is 21.6. The molecule has 0 spiro atoms. The molecule has 31 heavy (non-hydrogen) atoms. The molecule has 5 rings (SSSR count). The number of ether oxygens (including phenoxy) is 1. The highest BCUT2D eigenvalue weighted by atomic mass is 32.1. The number of pyridine rings is 1. The van der Waals surface area contributed by atoms with E-state index in [2.05, 4.69) is 40.2 Å². The average molecular weight is 435 g/mol. The van der Waals surface area contributed by atoms with Crippen LogP contribution in [0.4, 0.5) is 9.93 Å². The number of fused-ring (bicyclic) bond motifs is 3. The zero-order valence-electron chi connectivity index (χ0n) is 18.1. The summed E-state index contributed by atoms with van der Waals surface area (Å²) in [5, 5.41) is 0.996. The van der Waals surface area contributed by atoms with Crippen molar-refractivity contribution in [3.63, 3.8) is 0 Å². The predicted octanol–water partition coefficient (Wildman–Crippen LogP) is 4.83. The molecular weight excluding hydrogens is 408 g/mol. The Morgan fingerprint density at radius 2 is 1.81 bits per heavy atom. The van der Waals surface area contributed by atoms with Crippen molar-refractivity contribution in [3.8, 4) is 21.6 Å². The Morgan fingerprint density at radius 3 is 2.58 bits per heavy atom. The van der Waals surface area contributed by atoms with Crippen molar-refractivity contribution in [2.45, 2.75) is 32.8 Å². The highest BCUT2D eigenvalue weighted by molar-refractivity contribution is 7.19. The second kappa shape index (κ2) is 7.64. The van der Waals surface area contributed by atoms with Crippen molar-refractivity contribution in [2.24, 2.45) is 0 Å². The molecule has 3 aromatic rings. The third-order valence-corrected chi connectivity index (χ3v) is 6.73. The third kappa shape index (κ3) is 3.90. The van der Waals surface area contributed by atoms with Gasteiger partial charge in [0.15, 0.2) is 5.13 Å². The van der Waals surface area contributed by atoms with Crippen LogP contribution in [0.15, 0.2) is 42.7 Å². The van der Waals surface area contributed by atoms with E-state index in [-0.39, 0.29) is 6.09 Å². The van der Waals surface area contributed by atoms with Gasteiger partial charge in [-0.05, 0) is 38.0 Å². The van der Waals surface area contributed by atoms with Crippen LogP contribution in [0, 0.1) is 0 Å². The largest absolute Gasteiger partial charge is 0.444 e. The van der Waals surface area contributed by atoms with Crippen molar-refractivity contribution in [2.75, 3.05) is 31.1 Å². The molecule has 0 radical (unpaired) electrons. The number of carbonyl (C=O) groups is 1. The molecule has 3 heterocycles. The van der Waals surface area contributed by atoms with Gasteiger partial charge in [-0.1, -0.05) is 35.6 Å². The number of rotatable bonds is 2. The lowest BCUT2D eigenvalue weighted by Gasteiger charge is -2.35. The third-order valence-electron chi connectivity index (χ3n) is 5.63. The van der Waals surface area contributed by atoms with E-state index in [1.165, 1.54) is 22.3 Å². The van der Waals surface area contributed by atoms with E-state index in [1.54, 1.807) is 16.2 Å². The number of hydrogen-bond donors (Lipinski definition) is 0. The number of piperazine rings is 1. The highest BCUT2D eigenvalue weighted by Gasteiger charge is 2.28. The maximum absolute atomic E-state index is 12.3. The van der Waals surface area contributed by atoms with Crippen LogP contribution >= 0.6 is 11.3 Å². The van der Waals surface area contributed by atoms with Gasteiger partial charge in [0.2, 0.25) is 0 Å². The standard InChI is InChI=1S/C24H26N4O2S/c1-24(2,3)30-23(29)28-12-10-27(11-13-28)22-26-15-20(31-22)18-8-9-25-19-14-16-6-4-5-7-17(16)21(18)19/h4-9,15H,10-14H2,1-3H3. The number of anilines is 1. The number of nitrogens with zero attached hydrogens (tertiary/aromatic N) is 4. The van der Waals surface area contributed by atoms with Gasteiger partial charge in [-0.25, -0.2) is 9.78 Å². The van der Waals surface area contributed by atoms with Crippen LogP contribution in [0.3, 0.4) is 0 Å². The summed E-state index contributed by atoms with van der Waals surface area (Å²) in [7, 11) is 0. The summed E-state index contributed by atoms with van der Waals surface area (Å²) in [5.41, 5.74) is 5.72. The number of amides is 1. The van der Waals surface area contributed by atoms with Crippen molar-refractivity contribution in [3.05, 3.63) is 54.0 Å². The topological polar surface area (TPSA) is 58.6 Å². The fourth-order valence-electron chi connectivity index (χ4n) is 4.19. The van der Waals surface area contributed by atoms with Gasteiger partial charge < -0.3 is 14.5 Å². The maximum Gasteiger partial charge on any atom is 0.410 e. The van der Waals surface area contributed by atoms with Crippen LogP contribution in [0.5, 0.6) is 0 Å². The van der Waals surface area contributed by atoms with Gasteiger partial charge in [0, 0.05) is 56.1 Å². The smallest absolute Gasteiger partial charge is 0.410 e. The first-order valence-electron chi connectivity index (χ1n) is 10.6. The number of hydrogen-bond acceptors (Lipinski definition) is 6. The monoisotopic (exact) mass is 434 g/mol. The Labute approximate surface area is 186 Å². The molecule has 0 bridgehead atoms. The summed E-state index contributed by atoms with van der Waals surface area (Å²) in [6.45, 7) is 8.47. The quantitative estimate of drug-likeness (QED) is 0.452. The first kappa shape index (κ1) is 20.0. The average Bonchev–Trinajstić information content (AvgIpc) is 3.37. The van der Waals surface area contributed by atoms with Gasteiger partial charge in [-0.2, -0.15) is 0 Å². The molecule has 0 atom stereocenters. The first-order valence-corrected chi connectivity index (χ1v) is 11.5. The lowest BCUT2D eigenvalue weighted by Crippen LogP contribution is -2.50. The molecule has 1 aliphatic heterocycles. The number of thiazole rings is 1. The summed E-state index contributed by atoms with van der Waals surface area (Å²) in [6, 6.07) is 10.6. The SMILES string of the molecule is CC(C)(C)OC(=O)N1CCN(c2ncc(-c3ccnc4c3-c3ccccc3C4)s2)CC1. The van der Waals surface area contributed by atoms with Crippen LogP contribution in [-0.4, -0.2) is 52.7 Å². The van der Waals surface area contributed by atoms with E-state index < -0.39 is 5.60 Å². The Kier molecular flexibility index (Phi) is 4.93. The lowest BCUT2D eigenvalue weighted by atomic mass is 10.0. The number of carbonyl (C=O) groups excluding carboxylic acids is 1. The molecule has 0 N–H and O–H groups in total. The second-order valence-electron chi connectivity index (χ2n) is 8.98. The van der Waals surface area contributed by atoms with Crippen molar-refractivity contribution >= 4 is 22.6 Å². The minimum absolute atomic E-state index is 0.238. The van der Waals surface area contributed by atoms with Crippen LogP contribution < -0.4 is 4.90 Å². The first-order chi connectivity index (χ1) is 14.9. The Balaban J connectivity index is 1.33. The minimum Gasteiger partial charge on any atom is -0.444 e. The molecule has 6 nitrogen and oxygen atoms in total. The number of aromatic nitrogens is 2. The van der Waals surface area contributed by atoms with E-state index in [0.29, 0.717) is 13.1 Å². The Morgan fingerprint density at radius 1 is 1.03 bits per heavy atom. The van der Waals surface area contributed by atoms with Gasteiger partial charge in [-0.15, -0.1) is 0 Å². The lowest BCUT2D eigenvalue weighted by molar-refractivity contribution is 0.0240. The normalized spacial score (nSPS) is 15.6. The van der Waals surface area contributed by atoms with E-state index in [9.17, 15) is 4.79 Å². The highest BCUT2D eigenvalue weighted by Crippen LogP contribution is 2.44. The molecule has 2 aliphatic rings. The van der Waals surface area contributed by atoms with Crippen molar-refractivity contribution in [1.29, 1.82) is 0 Å². The van der Waals surface area contributed by atoms with E-state index in [1.807, 2.05) is 33.2 Å². The van der Waals surface area contributed by atoms with Crippen LogP contribution in [0.1, 0.15) is 32.0 Å². The van der Waals surface area contributed by atoms with E-state index in [4.69, 9.17) is 9.72 Å². The molecule has 1 aliphatic carbocycles. The van der Waals surface area contributed by atoms with Gasteiger partial charge in [-0.3, -0.25) is 4.98 Å². The summed E-state index contributed by atoms with van der Waals surface area (Å²) >= 11 is 1.71. The molecule has 0 unspecified atom stereocenters. The summed E-state index contributed by atoms with van der Waals surface area (Å²) < 4.78 is 5.50. The fourth-order valence-corrected chi connectivity index (χ4v) is 5.19. The molecule has 1 aromatic carbocycles. The van der Waals surface area contributed by atoms with Gasteiger partial charge in [0.05, 0.1) is 10.6 Å². The molecule has 2 aromatic heterocycles. The summed E-state index contributed by atoms with van der Waals surface area (Å²) in [5.74, 6) is 0. The molecule has 1 amide bonds. The van der Waals surface area contributed by atoms with Crippen LogP contribution in [-0.2, 0) is 11.2 Å². The van der Waals surface area contributed by atoms with E-state index in [0.717, 1.165) is 35.2 Å². The van der Waals surface area contributed by atoms with Gasteiger partial charge in [0.1, 0.15) is 5.60 Å². The van der Waals surface area contributed by atoms with Crippen molar-refractivity contribution in [1.82, 2.24) is 14.9 Å². The van der Waals surface area contributed by atoms with Crippen LogP contribution in [0.25, 0.3) is 21.6 Å². The number of benzene rings is 1. The van der Waals surface area contributed by atoms with Crippen molar-refractivity contribution < 1.29 is 9.53 Å². The minimum atomic E-state index is -0.470. The molecule has 1 fully saturated rings. The maximum atomic E-state index is 12.3. The summed E-state index contributed by atoms with van der Waals surface area (Å²) in [6.07, 6.45) is 4.52. The molecular formula is C24H26N4O2S. The van der Waals surface area contributed by atoms with Gasteiger partial charge >= 0.3 is 6.09 Å². The zero-order valence-corrected chi connectivity index (χ0v) is 18.9. The van der Waals surface area contributed by atoms with E-state index >= 15 is 0 Å². The predicted molar refractivity (Wildman–Crippen MR) is 124 cm³/mol. The fraction of sp³-hybridized carbons (Fsp3) is 0.375. The molecule has 1 saturated heterocycles.